The van der Waals surface area contributed by atoms with Gasteiger partial charge in [-0.25, -0.2) is 4.39 Å². The van der Waals surface area contributed by atoms with E-state index >= 15 is 4.39 Å². The molecule has 3 unspecified atom stereocenters. The number of halogens is 1. The zero-order chi connectivity index (χ0) is 25.9. The molecule has 2 amide bonds. The second-order valence-corrected chi connectivity index (χ2v) is 9.90. The van der Waals surface area contributed by atoms with Gasteiger partial charge in [0.05, 0.1) is 23.7 Å². The predicted molar refractivity (Wildman–Crippen MR) is 124 cm³/mol. The molecule has 3 aliphatic carbocycles. The molecule has 1 aromatic carbocycles. The van der Waals surface area contributed by atoms with E-state index in [2.05, 4.69) is 5.32 Å². The normalized spacial score (nSPS) is 26.0. The third-order valence-electron chi connectivity index (χ3n) is 7.67. The van der Waals surface area contributed by atoms with E-state index in [0.29, 0.717) is 0 Å². The molecule has 0 radical (unpaired) electrons. The van der Waals surface area contributed by atoms with Crippen LogP contribution >= 0.6 is 0 Å². The summed E-state index contributed by atoms with van der Waals surface area (Å²) < 4.78 is 15.1. The number of nitrogens with one attached hydrogen (secondary N) is 1. The smallest absolute Gasteiger partial charge is 0.255 e. The van der Waals surface area contributed by atoms with E-state index in [1.807, 2.05) is 4.90 Å². The second-order valence-electron chi connectivity index (χ2n) is 9.90. The summed E-state index contributed by atoms with van der Waals surface area (Å²) in [6.07, 6.45) is 1.99. The number of aromatic hydroxyl groups is 1. The number of likely N-dealkylation sites (tertiary alicyclic amines) is 1. The fraction of sp³-hybridized carbons (Fsp3) is 0.440. The quantitative estimate of drug-likeness (QED) is 0.307. The van der Waals surface area contributed by atoms with Crippen molar-refractivity contribution in [2.45, 2.75) is 32.1 Å². The van der Waals surface area contributed by atoms with Crippen LogP contribution in [0, 0.1) is 23.6 Å². The van der Waals surface area contributed by atoms with E-state index in [-0.39, 0.29) is 48.2 Å². The van der Waals surface area contributed by atoms with Gasteiger partial charge in [0.1, 0.15) is 22.9 Å². The Morgan fingerprint density at radius 1 is 1.14 bits per heavy atom. The molecule has 1 aromatic rings. The molecule has 6 N–H and O–H groups in total. The first-order valence-electron chi connectivity index (χ1n) is 11.9. The number of carbonyl (C=O) groups is 4. The number of benzene rings is 1. The van der Waals surface area contributed by atoms with Crippen molar-refractivity contribution in [3.8, 4) is 5.75 Å². The van der Waals surface area contributed by atoms with Crippen LogP contribution in [0.4, 0.5) is 10.1 Å². The number of hydrogen-bond acceptors (Lipinski definition) is 8. The minimum Gasteiger partial charge on any atom is -0.511 e. The van der Waals surface area contributed by atoms with Gasteiger partial charge in [0.2, 0.25) is 5.91 Å². The van der Waals surface area contributed by atoms with Crippen molar-refractivity contribution in [1.82, 2.24) is 4.90 Å². The maximum absolute atomic E-state index is 15.1. The molecule has 5 rings (SSSR count). The minimum atomic E-state index is -1.25. The summed E-state index contributed by atoms with van der Waals surface area (Å²) >= 11 is 0. The topological polar surface area (TPSA) is 170 Å². The van der Waals surface area contributed by atoms with Gasteiger partial charge >= 0.3 is 0 Å². The van der Waals surface area contributed by atoms with Gasteiger partial charge in [-0.3, -0.25) is 24.1 Å². The lowest BCUT2D eigenvalue weighted by Gasteiger charge is -2.40. The standard InChI is InChI=1S/C25H26FN3O7/c26-13-8-14(28-16(31)9-29-3-1-2-4-29)21(32)19-12(13)6-10-5-11-7-15(30)20(25(27)36)24(35)18(11)22(33)17(10)23(19)34/h8,10-11,18,30,32-33H,1-7,9H2,(H2,27,36)(H,28,31). The first-order valence-corrected chi connectivity index (χ1v) is 11.9. The van der Waals surface area contributed by atoms with Gasteiger partial charge in [-0.1, -0.05) is 0 Å². The summed E-state index contributed by atoms with van der Waals surface area (Å²) in [6.45, 7) is 1.58. The first kappa shape index (κ1) is 24.0. The number of Topliss-reactive ketones (excluding diaryl/α,β-unsaturated/α-hetero) is 2. The minimum absolute atomic E-state index is 0.0353. The maximum Gasteiger partial charge on any atom is 0.255 e. The van der Waals surface area contributed by atoms with Crippen molar-refractivity contribution < 1.29 is 38.9 Å². The third kappa shape index (κ3) is 3.74. The SMILES string of the molecule is NC(=O)C1=C(O)CC2CC3Cc4c(F)cc(NC(=O)CN5CCCC5)c(O)c4C(=O)C3=C(O)C2C1=O. The Labute approximate surface area is 205 Å². The van der Waals surface area contributed by atoms with Crippen molar-refractivity contribution >= 4 is 29.1 Å². The van der Waals surface area contributed by atoms with E-state index in [9.17, 15) is 34.5 Å². The lowest BCUT2D eigenvalue weighted by Crippen LogP contribution is -2.43. The van der Waals surface area contributed by atoms with E-state index in [1.54, 1.807) is 0 Å². The van der Waals surface area contributed by atoms with Gasteiger partial charge in [0, 0.05) is 23.6 Å². The van der Waals surface area contributed by atoms with Gasteiger partial charge in [0.25, 0.3) is 5.91 Å². The number of nitrogens with zero attached hydrogens (tertiary/aromatic N) is 1. The number of allylic oxidation sites excluding steroid dienone is 3. The van der Waals surface area contributed by atoms with Crippen molar-refractivity contribution in [2.75, 3.05) is 25.0 Å². The van der Waals surface area contributed by atoms with Crippen LogP contribution in [0.1, 0.15) is 41.6 Å². The van der Waals surface area contributed by atoms with E-state index < -0.39 is 69.8 Å². The number of aliphatic hydroxyl groups is 2. The molecule has 4 aliphatic rings. The number of rotatable bonds is 4. The summed E-state index contributed by atoms with van der Waals surface area (Å²) in [4.78, 5) is 52.4. The molecule has 10 nitrogen and oxygen atoms in total. The molecule has 1 aliphatic heterocycles. The highest BCUT2D eigenvalue weighted by Gasteiger charge is 2.50. The molecule has 190 valence electrons. The van der Waals surface area contributed by atoms with Gasteiger partial charge < -0.3 is 26.4 Å². The molecule has 1 saturated heterocycles. The number of phenols is 1. The van der Waals surface area contributed by atoms with Crippen molar-refractivity contribution in [3.05, 3.63) is 45.7 Å². The summed E-state index contributed by atoms with van der Waals surface area (Å²) in [5.74, 6) is -8.28. The monoisotopic (exact) mass is 499 g/mol. The number of anilines is 1. The molecule has 1 fully saturated rings. The number of phenolic OH excluding ortho intramolecular Hbond substituents is 1. The van der Waals surface area contributed by atoms with E-state index in [1.165, 1.54) is 0 Å². The van der Waals surface area contributed by atoms with Gasteiger partial charge in [-0.2, -0.15) is 0 Å². The number of hydrogen-bond donors (Lipinski definition) is 5. The number of nitrogens with two attached hydrogens (primary N) is 1. The molecular weight excluding hydrogens is 473 g/mol. The Kier molecular flexibility index (Phi) is 5.82. The van der Waals surface area contributed by atoms with E-state index in [0.717, 1.165) is 32.0 Å². The molecule has 1 heterocycles. The summed E-state index contributed by atoms with van der Waals surface area (Å²) in [5, 5.41) is 34.5. The number of fused-ring (bicyclic) bond motifs is 3. The molecular formula is C25H26FN3O7. The highest BCUT2D eigenvalue weighted by atomic mass is 19.1. The fourth-order valence-electron chi connectivity index (χ4n) is 6.09. The Bertz CT molecular complexity index is 1280. The van der Waals surface area contributed by atoms with Crippen LogP contribution in [0.15, 0.2) is 28.7 Å². The fourth-order valence-corrected chi connectivity index (χ4v) is 6.09. The van der Waals surface area contributed by atoms with Crippen molar-refractivity contribution in [2.24, 2.45) is 23.5 Å². The average molecular weight is 499 g/mol. The van der Waals surface area contributed by atoms with Gasteiger partial charge in [-0.05, 0) is 50.6 Å². The Morgan fingerprint density at radius 2 is 1.83 bits per heavy atom. The zero-order valence-electron chi connectivity index (χ0n) is 19.3. The van der Waals surface area contributed by atoms with E-state index in [4.69, 9.17) is 5.73 Å². The van der Waals surface area contributed by atoms with Crippen molar-refractivity contribution in [3.63, 3.8) is 0 Å². The highest BCUT2D eigenvalue weighted by Crippen LogP contribution is 2.50. The van der Waals surface area contributed by atoms with Gasteiger partial charge in [-0.15, -0.1) is 0 Å². The van der Waals surface area contributed by atoms with Gasteiger partial charge in [0.15, 0.2) is 17.3 Å². The number of carbonyl (C=O) groups excluding carboxylic acids is 4. The molecule has 0 bridgehead atoms. The van der Waals surface area contributed by atoms with Crippen LogP contribution in [0.5, 0.6) is 5.75 Å². The summed E-state index contributed by atoms with van der Waals surface area (Å²) in [5.41, 5.74) is 3.80. The van der Waals surface area contributed by atoms with Crippen LogP contribution in [0.2, 0.25) is 0 Å². The average Bonchev–Trinajstić information content (AvgIpc) is 3.29. The predicted octanol–water partition coefficient (Wildman–Crippen LogP) is 1.64. The Balaban J connectivity index is 1.50. The number of primary amides is 1. The largest absolute Gasteiger partial charge is 0.511 e. The van der Waals surface area contributed by atoms with Crippen LogP contribution in [0.25, 0.3) is 0 Å². The lowest BCUT2D eigenvalue weighted by atomic mass is 9.62. The first-order chi connectivity index (χ1) is 17.1. The molecule has 0 saturated carbocycles. The van der Waals surface area contributed by atoms with Crippen LogP contribution in [-0.2, 0) is 20.8 Å². The van der Waals surface area contributed by atoms with Crippen LogP contribution in [-0.4, -0.2) is 63.2 Å². The molecule has 3 atom stereocenters. The maximum atomic E-state index is 15.1. The molecule has 11 heteroatoms. The summed E-state index contributed by atoms with van der Waals surface area (Å²) in [7, 11) is 0. The van der Waals surface area contributed by atoms with Crippen molar-refractivity contribution in [1.29, 1.82) is 0 Å². The van der Waals surface area contributed by atoms with Crippen LogP contribution in [0.3, 0.4) is 0 Å². The van der Waals surface area contributed by atoms with Crippen LogP contribution < -0.4 is 11.1 Å². The molecule has 0 aromatic heterocycles. The molecule has 36 heavy (non-hydrogen) atoms. The summed E-state index contributed by atoms with van der Waals surface area (Å²) in [6, 6.07) is 0.974. The molecule has 0 spiro atoms. The lowest BCUT2D eigenvalue weighted by molar-refractivity contribution is -0.126. The Morgan fingerprint density at radius 3 is 2.50 bits per heavy atom. The third-order valence-corrected chi connectivity index (χ3v) is 7.67. The Hall–Kier alpha value is -3.73. The number of ketones is 2. The number of amides is 2. The second kappa shape index (κ2) is 8.74. The highest BCUT2D eigenvalue weighted by molar-refractivity contribution is 6.22. The number of aliphatic hydroxyl groups excluding tert-OH is 2. The zero-order valence-corrected chi connectivity index (χ0v) is 19.3.